The van der Waals surface area contributed by atoms with Crippen molar-refractivity contribution >= 4 is 51.1 Å². The maximum atomic E-state index is 12.0. The van der Waals surface area contributed by atoms with Crippen LogP contribution >= 0.6 is 23.1 Å². The fourth-order valence-electron chi connectivity index (χ4n) is 1.86. The Hall–Kier alpha value is -2.12. The Balaban J connectivity index is 1.78. The number of benzene rings is 1. The predicted octanol–water partition coefficient (Wildman–Crippen LogP) is 3.10. The molecule has 1 amide bonds. The smallest absolute Gasteiger partial charge is 0.264 e. The molecule has 7 heteroatoms. The fraction of sp³-hybridized carbons (Fsp3) is 0.133. The largest absolute Gasteiger partial charge is 0.378 e. The van der Waals surface area contributed by atoms with Gasteiger partial charge in [0.1, 0.15) is 0 Å². The molecule has 3 rings (SSSR count). The normalized spacial score (nSPS) is 18.0. The first kappa shape index (κ1) is 14.8. The average molecular weight is 330 g/mol. The van der Waals surface area contributed by atoms with Crippen LogP contribution in [0.5, 0.6) is 0 Å². The molecule has 22 heavy (non-hydrogen) atoms. The Morgan fingerprint density at radius 3 is 2.68 bits per heavy atom. The standard InChI is InChI=1S/C15H14N4OS2/c1-19(2)11-5-3-10(4-6-11)9-12-13(20)17-15(22-12)18-14-16-7-8-21-14/h3-9H,1-2H3,(H,16,17,18,20)/b12-9-. The number of carbonyl (C=O) groups is 1. The average Bonchev–Trinajstić information content (AvgIpc) is 3.11. The number of thioether (sulfide) groups is 1. The van der Waals surface area contributed by atoms with Gasteiger partial charge in [0.05, 0.1) is 4.91 Å². The minimum atomic E-state index is -0.128. The van der Waals surface area contributed by atoms with Crippen molar-refractivity contribution in [2.75, 3.05) is 19.0 Å². The SMILES string of the molecule is CN(C)c1ccc(/C=C2\SC(=Nc3nccs3)NC2=O)cc1. The van der Waals surface area contributed by atoms with Gasteiger partial charge in [-0.25, -0.2) is 4.98 Å². The summed E-state index contributed by atoms with van der Waals surface area (Å²) >= 11 is 2.76. The molecule has 1 aliphatic rings. The van der Waals surface area contributed by atoms with Gasteiger partial charge in [-0.2, -0.15) is 4.99 Å². The van der Waals surface area contributed by atoms with E-state index in [-0.39, 0.29) is 5.91 Å². The van der Waals surface area contributed by atoms with Gasteiger partial charge in [0.15, 0.2) is 5.17 Å². The third-order valence-electron chi connectivity index (χ3n) is 2.97. The molecule has 1 saturated heterocycles. The van der Waals surface area contributed by atoms with E-state index in [1.165, 1.54) is 23.1 Å². The lowest BCUT2D eigenvalue weighted by atomic mass is 10.2. The van der Waals surface area contributed by atoms with Crippen LogP contribution in [0.3, 0.4) is 0 Å². The quantitative estimate of drug-likeness (QED) is 0.879. The second-order valence-electron chi connectivity index (χ2n) is 4.78. The van der Waals surface area contributed by atoms with Crippen molar-refractivity contribution in [3.05, 3.63) is 46.3 Å². The lowest BCUT2D eigenvalue weighted by Crippen LogP contribution is -2.19. The van der Waals surface area contributed by atoms with Gasteiger partial charge in [0, 0.05) is 31.4 Å². The van der Waals surface area contributed by atoms with E-state index in [0.29, 0.717) is 15.2 Å². The summed E-state index contributed by atoms with van der Waals surface area (Å²) in [6.45, 7) is 0. The third kappa shape index (κ3) is 3.37. The van der Waals surface area contributed by atoms with Crippen molar-refractivity contribution in [2.24, 2.45) is 4.99 Å². The van der Waals surface area contributed by atoms with Crippen LogP contribution in [0.2, 0.25) is 0 Å². The van der Waals surface area contributed by atoms with E-state index in [1.807, 2.05) is 54.7 Å². The van der Waals surface area contributed by atoms with Crippen molar-refractivity contribution in [3.8, 4) is 0 Å². The maximum Gasteiger partial charge on any atom is 0.264 e. The van der Waals surface area contributed by atoms with Gasteiger partial charge in [-0.3, -0.25) is 4.79 Å². The highest BCUT2D eigenvalue weighted by Gasteiger charge is 2.24. The van der Waals surface area contributed by atoms with E-state index < -0.39 is 0 Å². The predicted molar refractivity (Wildman–Crippen MR) is 93.7 cm³/mol. The number of amidine groups is 1. The number of aliphatic imine (C=N–C) groups is 1. The molecule has 5 nitrogen and oxygen atoms in total. The molecule has 0 saturated carbocycles. The van der Waals surface area contributed by atoms with Gasteiger partial charge in [-0.15, -0.1) is 11.3 Å². The van der Waals surface area contributed by atoms with Crippen LogP contribution in [0.4, 0.5) is 10.8 Å². The van der Waals surface area contributed by atoms with Gasteiger partial charge in [0.25, 0.3) is 5.91 Å². The zero-order valence-electron chi connectivity index (χ0n) is 12.1. The van der Waals surface area contributed by atoms with Gasteiger partial charge < -0.3 is 10.2 Å². The summed E-state index contributed by atoms with van der Waals surface area (Å²) < 4.78 is 0. The Kier molecular flexibility index (Phi) is 4.26. The first-order valence-corrected chi connectivity index (χ1v) is 8.28. The molecule has 112 valence electrons. The molecule has 1 N–H and O–H groups in total. The van der Waals surface area contributed by atoms with Crippen molar-refractivity contribution in [3.63, 3.8) is 0 Å². The summed E-state index contributed by atoms with van der Waals surface area (Å²) in [7, 11) is 3.99. The molecular weight excluding hydrogens is 316 g/mol. The molecule has 1 aromatic heterocycles. The third-order valence-corrected chi connectivity index (χ3v) is 4.55. The molecule has 1 aliphatic heterocycles. The molecule has 2 heterocycles. The molecular formula is C15H14N4OS2. The van der Waals surface area contributed by atoms with Crippen molar-refractivity contribution < 1.29 is 4.79 Å². The van der Waals surface area contributed by atoms with Gasteiger partial charge in [-0.05, 0) is 35.5 Å². The number of nitrogens with zero attached hydrogens (tertiary/aromatic N) is 3. The van der Waals surface area contributed by atoms with Gasteiger partial charge in [-0.1, -0.05) is 12.1 Å². The summed E-state index contributed by atoms with van der Waals surface area (Å²) in [6, 6.07) is 8.03. The molecule has 0 spiro atoms. The van der Waals surface area contributed by atoms with Crippen LogP contribution in [0, 0.1) is 0 Å². The van der Waals surface area contributed by atoms with E-state index in [4.69, 9.17) is 0 Å². The maximum absolute atomic E-state index is 12.0. The highest BCUT2D eigenvalue weighted by Crippen LogP contribution is 2.28. The van der Waals surface area contributed by atoms with E-state index in [0.717, 1.165) is 11.3 Å². The minimum Gasteiger partial charge on any atom is -0.378 e. The summed E-state index contributed by atoms with van der Waals surface area (Å²) in [5, 5.41) is 5.81. The zero-order chi connectivity index (χ0) is 15.5. The number of amides is 1. The molecule has 1 fully saturated rings. The first-order valence-electron chi connectivity index (χ1n) is 6.58. The molecule has 0 atom stereocenters. The van der Waals surface area contributed by atoms with Crippen molar-refractivity contribution in [2.45, 2.75) is 0 Å². The highest BCUT2D eigenvalue weighted by molar-refractivity contribution is 8.18. The topological polar surface area (TPSA) is 57.6 Å². The number of anilines is 1. The summed E-state index contributed by atoms with van der Waals surface area (Å²) in [5.74, 6) is -0.128. The van der Waals surface area contributed by atoms with Gasteiger partial charge >= 0.3 is 0 Å². The second-order valence-corrected chi connectivity index (χ2v) is 6.69. The Morgan fingerprint density at radius 2 is 2.05 bits per heavy atom. The zero-order valence-corrected chi connectivity index (χ0v) is 13.7. The van der Waals surface area contributed by atoms with E-state index in [2.05, 4.69) is 15.3 Å². The molecule has 1 aromatic carbocycles. The molecule has 2 aromatic rings. The van der Waals surface area contributed by atoms with Crippen molar-refractivity contribution in [1.82, 2.24) is 10.3 Å². The fourth-order valence-corrected chi connectivity index (χ4v) is 3.25. The minimum absolute atomic E-state index is 0.128. The molecule has 0 bridgehead atoms. The lowest BCUT2D eigenvalue weighted by Gasteiger charge is -2.11. The highest BCUT2D eigenvalue weighted by atomic mass is 32.2. The Labute approximate surface area is 136 Å². The van der Waals surface area contributed by atoms with Crippen molar-refractivity contribution in [1.29, 1.82) is 0 Å². The number of hydrogen-bond donors (Lipinski definition) is 1. The number of carbonyl (C=O) groups excluding carboxylic acids is 1. The van der Waals surface area contributed by atoms with Gasteiger partial charge in [0.2, 0.25) is 5.13 Å². The summed E-state index contributed by atoms with van der Waals surface area (Å²) in [5.41, 5.74) is 2.11. The molecule has 0 unspecified atom stereocenters. The monoisotopic (exact) mass is 330 g/mol. The summed E-state index contributed by atoms with van der Waals surface area (Å²) in [6.07, 6.45) is 3.55. The number of aromatic nitrogens is 1. The van der Waals surface area contributed by atoms with Crippen LogP contribution in [-0.2, 0) is 4.79 Å². The van der Waals surface area contributed by atoms with Crippen LogP contribution in [0.25, 0.3) is 6.08 Å². The lowest BCUT2D eigenvalue weighted by molar-refractivity contribution is -0.115. The molecule has 0 radical (unpaired) electrons. The van der Waals surface area contributed by atoms with E-state index >= 15 is 0 Å². The summed E-state index contributed by atoms with van der Waals surface area (Å²) in [4.78, 5) is 23.0. The van der Waals surface area contributed by atoms with E-state index in [9.17, 15) is 4.79 Å². The van der Waals surface area contributed by atoms with E-state index in [1.54, 1.807) is 6.20 Å². The first-order chi connectivity index (χ1) is 10.6. The second kappa shape index (κ2) is 6.33. The molecule has 0 aliphatic carbocycles. The van der Waals surface area contributed by atoms with Crippen LogP contribution < -0.4 is 10.2 Å². The number of nitrogens with one attached hydrogen (secondary N) is 1. The van der Waals surface area contributed by atoms with Crippen LogP contribution in [0.15, 0.2) is 45.7 Å². The number of hydrogen-bond acceptors (Lipinski definition) is 6. The Morgan fingerprint density at radius 1 is 1.27 bits per heavy atom. The number of rotatable bonds is 3. The number of thiazole rings is 1. The Bertz CT molecular complexity index is 733. The van der Waals surface area contributed by atoms with Crippen LogP contribution in [0.1, 0.15) is 5.56 Å². The van der Waals surface area contributed by atoms with Crippen LogP contribution in [-0.4, -0.2) is 30.2 Å².